The molecular formula is C25H20F3O3S3+. The van der Waals surface area contributed by atoms with Gasteiger partial charge in [-0.3, -0.25) is 4.55 Å². The molecule has 4 rings (SSSR count). The van der Waals surface area contributed by atoms with Crippen molar-refractivity contribution in [2.24, 2.45) is 0 Å². The molecule has 0 atom stereocenters. The van der Waals surface area contributed by atoms with Crippen molar-refractivity contribution in [3.05, 3.63) is 115 Å². The lowest BCUT2D eigenvalue weighted by Crippen LogP contribution is -2.21. The molecule has 9 heteroatoms. The summed E-state index contributed by atoms with van der Waals surface area (Å²) in [6.45, 7) is 0. The fraction of sp³-hybridized carbons (Fsp3) is 0.0400. The third kappa shape index (κ3) is 7.39. The second-order valence-electron chi connectivity index (χ2n) is 6.74. The lowest BCUT2D eigenvalue weighted by molar-refractivity contribution is -0.0510. The SMILES string of the molecule is O=S(=O)(O)C(F)(F)F.c1ccc(Sc2ccc([S+](c3ccccc3)c3ccccc3)cc2)cc1. The van der Waals surface area contributed by atoms with Crippen molar-refractivity contribution in [1.82, 2.24) is 0 Å². The Morgan fingerprint density at radius 1 is 0.588 bits per heavy atom. The lowest BCUT2D eigenvalue weighted by Gasteiger charge is -2.08. The van der Waals surface area contributed by atoms with Crippen molar-refractivity contribution in [3.8, 4) is 0 Å². The van der Waals surface area contributed by atoms with Crippen molar-refractivity contribution >= 4 is 32.8 Å². The fourth-order valence-corrected chi connectivity index (χ4v) is 5.71. The van der Waals surface area contributed by atoms with Gasteiger partial charge in [0, 0.05) is 9.79 Å². The Balaban J connectivity index is 0.000000350. The molecule has 0 bridgehead atoms. The number of alkyl halides is 3. The average molecular weight is 522 g/mol. The number of halogens is 3. The second-order valence-corrected chi connectivity index (χ2v) is 11.3. The van der Waals surface area contributed by atoms with E-state index in [4.69, 9.17) is 13.0 Å². The van der Waals surface area contributed by atoms with Crippen LogP contribution in [-0.4, -0.2) is 18.5 Å². The van der Waals surface area contributed by atoms with Gasteiger partial charge in [0.15, 0.2) is 14.7 Å². The fourth-order valence-electron chi connectivity index (χ4n) is 2.79. The maximum Gasteiger partial charge on any atom is 0.522 e. The van der Waals surface area contributed by atoms with Crippen LogP contribution in [0.3, 0.4) is 0 Å². The Morgan fingerprint density at radius 2 is 0.912 bits per heavy atom. The van der Waals surface area contributed by atoms with E-state index in [1.807, 2.05) is 0 Å². The molecule has 0 unspecified atom stereocenters. The van der Waals surface area contributed by atoms with Gasteiger partial charge in [-0.05, 0) is 60.7 Å². The lowest BCUT2D eigenvalue weighted by atomic mass is 10.3. The van der Waals surface area contributed by atoms with E-state index in [-0.39, 0.29) is 10.9 Å². The zero-order chi connectivity index (χ0) is 24.6. The van der Waals surface area contributed by atoms with Crippen molar-refractivity contribution in [2.45, 2.75) is 30.0 Å². The van der Waals surface area contributed by atoms with Gasteiger partial charge in [-0.2, -0.15) is 21.6 Å². The Hall–Kier alpha value is -2.72. The highest BCUT2D eigenvalue weighted by Gasteiger charge is 2.44. The van der Waals surface area contributed by atoms with Gasteiger partial charge in [-0.25, -0.2) is 0 Å². The highest BCUT2D eigenvalue weighted by molar-refractivity contribution is 7.99. The molecule has 0 fully saturated rings. The first kappa shape index (κ1) is 25.9. The minimum atomic E-state index is -5.84. The topological polar surface area (TPSA) is 54.4 Å². The first-order valence-corrected chi connectivity index (χ1v) is 13.3. The molecule has 0 aliphatic heterocycles. The maximum absolute atomic E-state index is 10.7. The van der Waals surface area contributed by atoms with Crippen LogP contribution >= 0.6 is 11.8 Å². The van der Waals surface area contributed by atoms with E-state index in [2.05, 4.69) is 115 Å². The molecule has 0 aromatic heterocycles. The summed E-state index contributed by atoms with van der Waals surface area (Å²) >= 11 is 1.80. The molecule has 0 saturated heterocycles. The largest absolute Gasteiger partial charge is 0.522 e. The van der Waals surface area contributed by atoms with Crippen LogP contribution in [-0.2, 0) is 21.0 Å². The van der Waals surface area contributed by atoms with E-state index in [0.29, 0.717) is 0 Å². The number of hydrogen-bond acceptors (Lipinski definition) is 3. The van der Waals surface area contributed by atoms with Crippen molar-refractivity contribution < 1.29 is 26.1 Å². The van der Waals surface area contributed by atoms with E-state index in [0.717, 1.165) is 0 Å². The van der Waals surface area contributed by atoms with Gasteiger partial charge in [0.05, 0.1) is 10.9 Å². The highest BCUT2D eigenvalue weighted by Crippen LogP contribution is 2.33. The van der Waals surface area contributed by atoms with Gasteiger partial charge in [0.1, 0.15) is 0 Å². The van der Waals surface area contributed by atoms with Crippen LogP contribution in [0.1, 0.15) is 0 Å². The summed E-state index contributed by atoms with van der Waals surface area (Å²) < 4.78 is 57.5. The molecule has 0 amide bonds. The predicted molar refractivity (Wildman–Crippen MR) is 130 cm³/mol. The highest BCUT2D eigenvalue weighted by atomic mass is 32.2. The normalized spacial score (nSPS) is 11.6. The molecular weight excluding hydrogens is 501 g/mol. The molecule has 0 aliphatic rings. The van der Waals surface area contributed by atoms with Crippen LogP contribution in [0.15, 0.2) is 140 Å². The molecule has 0 heterocycles. The zero-order valence-electron chi connectivity index (χ0n) is 17.6. The van der Waals surface area contributed by atoms with Gasteiger partial charge >= 0.3 is 15.6 Å². The number of hydrogen-bond donors (Lipinski definition) is 1. The van der Waals surface area contributed by atoms with E-state index in [9.17, 15) is 13.2 Å². The third-order valence-corrected chi connectivity index (χ3v) is 8.12. The molecule has 3 nitrogen and oxygen atoms in total. The predicted octanol–water partition coefficient (Wildman–Crippen LogP) is 7.33. The maximum atomic E-state index is 10.7. The molecule has 1 N–H and O–H groups in total. The number of benzene rings is 4. The average Bonchev–Trinajstić information content (AvgIpc) is 2.82. The first-order chi connectivity index (χ1) is 16.1. The van der Waals surface area contributed by atoms with Gasteiger partial charge in [0.25, 0.3) is 0 Å². The quantitative estimate of drug-likeness (QED) is 0.170. The second kappa shape index (κ2) is 11.6. The molecule has 0 saturated carbocycles. The van der Waals surface area contributed by atoms with Crippen molar-refractivity contribution in [1.29, 1.82) is 0 Å². The van der Waals surface area contributed by atoms with Gasteiger partial charge in [0.2, 0.25) is 0 Å². The summed E-state index contributed by atoms with van der Waals surface area (Å²) in [5.74, 6) is 0. The zero-order valence-corrected chi connectivity index (χ0v) is 20.0. The molecule has 0 aliphatic carbocycles. The molecule has 4 aromatic rings. The smallest absolute Gasteiger partial charge is 0.279 e. The van der Waals surface area contributed by atoms with E-state index in [1.54, 1.807) is 11.8 Å². The number of rotatable bonds is 5. The van der Waals surface area contributed by atoms with Gasteiger partial charge in [-0.15, -0.1) is 0 Å². The van der Waals surface area contributed by atoms with E-state index < -0.39 is 15.6 Å². The van der Waals surface area contributed by atoms with Crippen LogP contribution in [0, 0.1) is 0 Å². The van der Waals surface area contributed by atoms with E-state index >= 15 is 0 Å². The minimum Gasteiger partial charge on any atom is -0.279 e. The Kier molecular flexibility index (Phi) is 8.84. The van der Waals surface area contributed by atoms with E-state index in [1.165, 1.54) is 24.5 Å². The Labute approximate surface area is 203 Å². The van der Waals surface area contributed by atoms with Crippen molar-refractivity contribution in [2.75, 3.05) is 0 Å². The summed E-state index contributed by atoms with van der Waals surface area (Å²) in [5.41, 5.74) is -5.53. The Morgan fingerprint density at radius 3 is 1.29 bits per heavy atom. The van der Waals surface area contributed by atoms with Crippen LogP contribution in [0.25, 0.3) is 0 Å². The van der Waals surface area contributed by atoms with Gasteiger partial charge < -0.3 is 0 Å². The van der Waals surface area contributed by atoms with Crippen LogP contribution in [0.5, 0.6) is 0 Å². The molecule has 176 valence electrons. The minimum absolute atomic E-state index is 0.0786. The third-order valence-electron chi connectivity index (χ3n) is 4.29. The van der Waals surface area contributed by atoms with Crippen LogP contribution < -0.4 is 0 Å². The summed E-state index contributed by atoms with van der Waals surface area (Å²) in [5, 5.41) is 0. The van der Waals surface area contributed by atoms with Gasteiger partial charge in [-0.1, -0.05) is 66.4 Å². The summed E-state index contributed by atoms with van der Waals surface area (Å²) in [6.07, 6.45) is 0. The van der Waals surface area contributed by atoms with Crippen LogP contribution in [0.2, 0.25) is 0 Å². The summed E-state index contributed by atoms with van der Waals surface area (Å²) in [6, 6.07) is 41.1. The molecule has 0 spiro atoms. The van der Waals surface area contributed by atoms with Crippen LogP contribution in [0.4, 0.5) is 13.2 Å². The summed E-state index contributed by atoms with van der Waals surface area (Å²) in [7, 11) is -5.92. The monoisotopic (exact) mass is 521 g/mol. The standard InChI is InChI=1S/C24H19S2.CHF3O3S/c1-4-10-20(11-5-1)25-21-16-18-24(19-17-21)26(22-12-6-2-7-13-22)23-14-8-3-9-15-23;2-1(3,4)8(5,6)7/h1-19H;(H,5,6,7)/q+1;. The molecule has 34 heavy (non-hydrogen) atoms. The molecule has 4 aromatic carbocycles. The first-order valence-electron chi connectivity index (χ1n) is 9.86. The van der Waals surface area contributed by atoms with Crippen molar-refractivity contribution in [3.63, 3.8) is 0 Å². The molecule has 0 radical (unpaired) electrons. The summed E-state index contributed by atoms with van der Waals surface area (Å²) in [4.78, 5) is 6.58. The Bertz CT molecular complexity index is 1230.